The second kappa shape index (κ2) is 11.9. The fourth-order valence-corrected chi connectivity index (χ4v) is 7.14. The summed E-state index contributed by atoms with van der Waals surface area (Å²) in [5.74, 6) is 0.228. The molecule has 1 aromatic carbocycles. The summed E-state index contributed by atoms with van der Waals surface area (Å²) in [5.41, 5.74) is 0.0748. The molecule has 202 valence electrons. The van der Waals surface area contributed by atoms with Crippen molar-refractivity contribution in [1.29, 1.82) is 0 Å². The van der Waals surface area contributed by atoms with Gasteiger partial charge < -0.3 is 19.3 Å². The van der Waals surface area contributed by atoms with E-state index in [0.29, 0.717) is 31.1 Å². The van der Waals surface area contributed by atoms with Crippen LogP contribution in [0, 0.1) is 12.8 Å². The van der Waals surface area contributed by atoms with Gasteiger partial charge in [-0.1, -0.05) is 12.5 Å². The average Bonchev–Trinajstić information content (AvgIpc) is 3.28. The van der Waals surface area contributed by atoms with Crippen molar-refractivity contribution >= 4 is 22.0 Å². The van der Waals surface area contributed by atoms with E-state index in [2.05, 4.69) is 4.36 Å². The molecular formula is C26H40N2O7S. The smallest absolute Gasteiger partial charge is 0.443 e. The van der Waals surface area contributed by atoms with E-state index >= 15 is 0 Å². The first-order valence-corrected chi connectivity index (χ1v) is 14.2. The van der Waals surface area contributed by atoms with Crippen molar-refractivity contribution in [2.45, 2.75) is 95.3 Å². The standard InChI is InChI=1S/C26H40N2O7S/c1-18-11-12-23(22(16-18)34-20-9-6-8-19(17-20)13-15-29)36(32,27-25(31)35-26(2,3)4)28-14-7-10-21(28)24(30)33-5/h11-12,16,19-21,29H,6-10,13-15,17H2,1-5H3/t19-,20-,21+,36+/m1/s1. The monoisotopic (exact) mass is 524 g/mol. The summed E-state index contributed by atoms with van der Waals surface area (Å²) in [5, 5.41) is 9.38. The van der Waals surface area contributed by atoms with Gasteiger partial charge in [-0.2, -0.15) is 4.31 Å². The van der Waals surface area contributed by atoms with Gasteiger partial charge in [-0.25, -0.2) is 9.00 Å². The maximum absolute atomic E-state index is 14.8. The van der Waals surface area contributed by atoms with E-state index in [4.69, 9.17) is 14.2 Å². The molecule has 2 aliphatic rings. The first kappa shape index (κ1) is 28.4. The average molecular weight is 525 g/mol. The Labute approximate surface area is 214 Å². The molecule has 1 heterocycles. The SMILES string of the molecule is COC(=O)[C@@H]1CCCN1[S@@](=O)(=NC(=O)OC(C)(C)C)c1ccc(C)cc1O[C@@H]1CCC[C@H](CCO)C1. The molecule has 2 fully saturated rings. The van der Waals surface area contributed by atoms with Crippen molar-refractivity contribution in [2.75, 3.05) is 20.3 Å². The van der Waals surface area contributed by atoms with Gasteiger partial charge in [-0.05, 0) is 89.8 Å². The van der Waals surface area contributed by atoms with Crippen molar-refractivity contribution in [2.24, 2.45) is 10.3 Å². The normalized spacial score (nSPS) is 24.6. The quantitative estimate of drug-likeness (QED) is 0.517. The van der Waals surface area contributed by atoms with Gasteiger partial charge in [-0.15, -0.1) is 4.36 Å². The highest BCUT2D eigenvalue weighted by atomic mass is 32.2. The number of nitrogens with zero attached hydrogens (tertiary/aromatic N) is 2. The lowest BCUT2D eigenvalue weighted by Crippen LogP contribution is -2.41. The highest BCUT2D eigenvalue weighted by molar-refractivity contribution is 7.91. The zero-order chi connectivity index (χ0) is 26.5. The number of hydrogen-bond donors (Lipinski definition) is 1. The fourth-order valence-electron chi connectivity index (χ4n) is 4.92. The van der Waals surface area contributed by atoms with Gasteiger partial charge in [-0.3, -0.25) is 4.79 Å². The molecule has 0 aromatic heterocycles. The van der Waals surface area contributed by atoms with Gasteiger partial charge in [0.1, 0.15) is 22.3 Å². The summed E-state index contributed by atoms with van der Waals surface area (Å²) in [4.78, 5) is 25.7. The van der Waals surface area contributed by atoms with Crippen LogP contribution in [0.2, 0.25) is 0 Å². The van der Waals surface area contributed by atoms with Gasteiger partial charge in [0, 0.05) is 13.2 Å². The van der Waals surface area contributed by atoms with E-state index in [1.54, 1.807) is 39.0 Å². The van der Waals surface area contributed by atoms with Crippen LogP contribution >= 0.6 is 0 Å². The second-order valence-corrected chi connectivity index (χ2v) is 12.7. The molecule has 9 nitrogen and oxygen atoms in total. The number of benzene rings is 1. The van der Waals surface area contributed by atoms with Gasteiger partial charge in [0.15, 0.2) is 9.92 Å². The van der Waals surface area contributed by atoms with Crippen LogP contribution < -0.4 is 4.74 Å². The fraction of sp³-hybridized carbons (Fsp3) is 0.692. The number of aryl methyl sites for hydroxylation is 1. The summed E-state index contributed by atoms with van der Waals surface area (Å²) in [7, 11) is -2.34. The largest absolute Gasteiger partial charge is 0.489 e. The highest BCUT2D eigenvalue weighted by Gasteiger charge is 2.41. The predicted molar refractivity (Wildman–Crippen MR) is 136 cm³/mol. The second-order valence-electron chi connectivity index (χ2n) is 10.6. The molecule has 1 N–H and O–H groups in total. The number of ether oxygens (including phenoxy) is 3. The Hall–Kier alpha value is -2.17. The Morgan fingerprint density at radius 2 is 1.94 bits per heavy atom. The molecule has 1 saturated carbocycles. The molecule has 3 rings (SSSR count). The van der Waals surface area contributed by atoms with Crippen molar-refractivity contribution in [3.8, 4) is 5.75 Å². The number of carbonyl (C=O) groups is 2. The van der Waals surface area contributed by atoms with Crippen LogP contribution in [0.5, 0.6) is 5.75 Å². The first-order valence-electron chi connectivity index (χ1n) is 12.7. The first-order chi connectivity index (χ1) is 17.0. The Balaban J connectivity index is 2.08. The predicted octanol–water partition coefficient (Wildman–Crippen LogP) is 4.63. The van der Waals surface area contributed by atoms with E-state index in [-0.39, 0.29) is 17.6 Å². The molecule has 0 bridgehead atoms. The minimum absolute atomic E-state index is 0.115. The molecule has 0 spiro atoms. The van der Waals surface area contributed by atoms with E-state index in [9.17, 15) is 18.9 Å². The summed E-state index contributed by atoms with van der Waals surface area (Å²) in [6.45, 7) is 7.48. The summed E-state index contributed by atoms with van der Waals surface area (Å²) in [6.07, 6.45) is 4.34. The Morgan fingerprint density at radius 3 is 2.61 bits per heavy atom. The van der Waals surface area contributed by atoms with Crippen molar-refractivity contribution in [3.05, 3.63) is 23.8 Å². The Kier molecular flexibility index (Phi) is 9.40. The number of aliphatic hydroxyl groups excluding tert-OH is 1. The maximum Gasteiger partial charge on any atom is 0.443 e. The minimum Gasteiger partial charge on any atom is -0.489 e. The van der Waals surface area contributed by atoms with Gasteiger partial charge >= 0.3 is 12.1 Å². The van der Waals surface area contributed by atoms with E-state index in [1.807, 2.05) is 6.92 Å². The third-order valence-corrected chi connectivity index (χ3v) is 8.92. The minimum atomic E-state index is -3.63. The Morgan fingerprint density at radius 1 is 1.19 bits per heavy atom. The van der Waals surface area contributed by atoms with Crippen molar-refractivity contribution in [3.63, 3.8) is 0 Å². The van der Waals surface area contributed by atoms with E-state index in [1.165, 1.54) is 11.4 Å². The van der Waals surface area contributed by atoms with Crippen molar-refractivity contribution < 1.29 is 33.1 Å². The van der Waals surface area contributed by atoms with Crippen LogP contribution in [0.3, 0.4) is 0 Å². The third kappa shape index (κ3) is 6.98. The molecule has 1 amide bonds. The molecule has 1 saturated heterocycles. The Bertz CT molecular complexity index is 1060. The van der Waals surface area contributed by atoms with Gasteiger partial charge in [0.2, 0.25) is 0 Å². The molecule has 10 heteroatoms. The summed E-state index contributed by atoms with van der Waals surface area (Å²) in [6, 6.07) is 4.47. The molecule has 1 aliphatic heterocycles. The van der Waals surface area contributed by atoms with Crippen LogP contribution in [-0.2, 0) is 24.2 Å². The lowest BCUT2D eigenvalue weighted by Gasteiger charge is -2.31. The molecule has 1 aliphatic carbocycles. The number of rotatable bonds is 7. The van der Waals surface area contributed by atoms with Crippen LogP contribution in [-0.4, -0.2) is 63.7 Å². The van der Waals surface area contributed by atoms with Crippen LogP contribution in [0.15, 0.2) is 27.5 Å². The number of aliphatic hydroxyl groups is 1. The third-order valence-electron chi connectivity index (χ3n) is 6.54. The lowest BCUT2D eigenvalue weighted by atomic mass is 9.85. The highest BCUT2D eigenvalue weighted by Crippen LogP contribution is 2.37. The molecule has 36 heavy (non-hydrogen) atoms. The molecular weight excluding hydrogens is 484 g/mol. The summed E-state index contributed by atoms with van der Waals surface area (Å²) < 4.78 is 37.2. The zero-order valence-electron chi connectivity index (χ0n) is 22.0. The van der Waals surface area contributed by atoms with E-state index < -0.39 is 33.6 Å². The van der Waals surface area contributed by atoms with Crippen LogP contribution in [0.4, 0.5) is 4.79 Å². The number of hydrogen-bond acceptors (Lipinski definition) is 7. The number of carbonyl (C=O) groups excluding carboxylic acids is 2. The number of methoxy groups -OCH3 is 1. The molecule has 1 aromatic rings. The zero-order valence-corrected chi connectivity index (χ0v) is 22.8. The molecule has 4 atom stereocenters. The lowest BCUT2D eigenvalue weighted by molar-refractivity contribution is -0.144. The maximum atomic E-state index is 14.8. The molecule has 0 unspecified atom stereocenters. The van der Waals surface area contributed by atoms with E-state index in [0.717, 1.165) is 37.7 Å². The number of amides is 1. The van der Waals surface area contributed by atoms with Crippen molar-refractivity contribution in [1.82, 2.24) is 4.31 Å². The van der Waals surface area contributed by atoms with Crippen LogP contribution in [0.25, 0.3) is 0 Å². The summed E-state index contributed by atoms with van der Waals surface area (Å²) >= 11 is 0. The van der Waals surface area contributed by atoms with Gasteiger partial charge in [0.05, 0.1) is 13.2 Å². The molecule has 0 radical (unpaired) electrons. The van der Waals surface area contributed by atoms with Gasteiger partial charge in [0.25, 0.3) is 0 Å². The van der Waals surface area contributed by atoms with Crippen LogP contribution in [0.1, 0.15) is 71.3 Å². The topological polar surface area (TPSA) is 115 Å². The number of esters is 1.